The van der Waals surface area contributed by atoms with Crippen LogP contribution in [0.5, 0.6) is 5.75 Å². The van der Waals surface area contributed by atoms with Gasteiger partial charge in [0.05, 0.1) is 25.0 Å². The van der Waals surface area contributed by atoms with E-state index < -0.39 is 0 Å². The average molecular weight is 289 g/mol. The van der Waals surface area contributed by atoms with Crippen LogP contribution in [-0.4, -0.2) is 29.2 Å². The summed E-state index contributed by atoms with van der Waals surface area (Å²) in [5, 5.41) is 8.21. The minimum absolute atomic E-state index is 0.217. The van der Waals surface area contributed by atoms with Crippen LogP contribution < -0.4 is 10.1 Å². The summed E-state index contributed by atoms with van der Waals surface area (Å²) in [4.78, 5) is 1.39. The van der Waals surface area contributed by atoms with Gasteiger partial charge in [-0.25, -0.2) is 0 Å². The Morgan fingerprint density at radius 2 is 2.25 bits per heavy atom. The highest BCUT2D eigenvalue weighted by atomic mass is 32.2. The van der Waals surface area contributed by atoms with Crippen molar-refractivity contribution in [2.24, 2.45) is 7.05 Å². The minimum Gasteiger partial charge on any atom is -0.493 e. The summed E-state index contributed by atoms with van der Waals surface area (Å²) in [6, 6.07) is 8.85. The highest BCUT2D eigenvalue weighted by Gasteiger charge is 2.33. The maximum atomic E-state index is 5.45. The number of aromatic nitrogens is 2. The number of hydrogen-bond donors (Lipinski definition) is 1. The molecule has 3 rings (SSSR count). The van der Waals surface area contributed by atoms with Crippen molar-refractivity contribution in [3.05, 3.63) is 41.7 Å². The van der Waals surface area contributed by atoms with Crippen LogP contribution in [0.1, 0.15) is 17.3 Å². The average Bonchev–Trinajstić information content (AvgIpc) is 3.04. The zero-order valence-electron chi connectivity index (χ0n) is 12.0. The molecule has 1 aromatic carbocycles. The third-order valence-corrected chi connectivity index (χ3v) is 5.21. The maximum Gasteiger partial charge on any atom is 0.161 e. The molecule has 2 unspecified atom stereocenters. The molecule has 1 aromatic heterocycles. The minimum atomic E-state index is 0.217. The SMILES string of the molecule is CNC(c1c(OC)cnn1C)C1Cc2ccccc2S1. The van der Waals surface area contributed by atoms with Crippen LogP contribution in [0.2, 0.25) is 0 Å². The van der Waals surface area contributed by atoms with Crippen molar-refractivity contribution >= 4 is 11.8 Å². The van der Waals surface area contributed by atoms with Gasteiger partial charge in [0.1, 0.15) is 0 Å². The van der Waals surface area contributed by atoms with Gasteiger partial charge in [0.15, 0.2) is 5.75 Å². The summed E-state index contributed by atoms with van der Waals surface area (Å²) in [6.07, 6.45) is 2.85. The molecule has 0 saturated heterocycles. The Balaban J connectivity index is 1.91. The summed E-state index contributed by atoms with van der Waals surface area (Å²) >= 11 is 1.94. The second-order valence-corrected chi connectivity index (χ2v) is 6.24. The van der Waals surface area contributed by atoms with Gasteiger partial charge in [0.25, 0.3) is 0 Å². The quantitative estimate of drug-likeness (QED) is 0.938. The number of methoxy groups -OCH3 is 1. The molecule has 2 heterocycles. The lowest BCUT2D eigenvalue weighted by atomic mass is 10.0. The number of benzene rings is 1. The lowest BCUT2D eigenvalue weighted by Gasteiger charge is -2.23. The molecule has 0 aliphatic carbocycles. The number of rotatable bonds is 4. The first-order valence-electron chi connectivity index (χ1n) is 6.72. The molecule has 2 aromatic rings. The first-order chi connectivity index (χ1) is 9.74. The van der Waals surface area contributed by atoms with Gasteiger partial charge >= 0.3 is 0 Å². The second-order valence-electron chi connectivity index (χ2n) is 4.96. The molecule has 20 heavy (non-hydrogen) atoms. The van der Waals surface area contributed by atoms with Gasteiger partial charge in [0.2, 0.25) is 0 Å². The molecule has 1 aliphatic heterocycles. The Hall–Kier alpha value is -1.46. The Morgan fingerprint density at radius 1 is 1.45 bits per heavy atom. The normalized spacial score (nSPS) is 18.9. The molecular formula is C15H19N3OS. The topological polar surface area (TPSA) is 39.1 Å². The predicted molar refractivity (Wildman–Crippen MR) is 81.4 cm³/mol. The highest BCUT2D eigenvalue weighted by molar-refractivity contribution is 8.00. The summed E-state index contributed by atoms with van der Waals surface area (Å²) in [7, 11) is 5.67. The van der Waals surface area contributed by atoms with Gasteiger partial charge < -0.3 is 10.1 Å². The molecule has 1 aliphatic rings. The molecule has 5 heteroatoms. The summed E-state index contributed by atoms with van der Waals surface area (Å²) in [5.74, 6) is 0.850. The van der Waals surface area contributed by atoms with Crippen LogP contribution in [0.4, 0.5) is 0 Å². The summed E-state index contributed by atoms with van der Waals surface area (Å²) in [5.41, 5.74) is 2.55. The second kappa shape index (κ2) is 5.50. The monoisotopic (exact) mass is 289 g/mol. The van der Waals surface area contributed by atoms with E-state index in [1.165, 1.54) is 10.5 Å². The fourth-order valence-corrected chi connectivity index (χ4v) is 4.28. The van der Waals surface area contributed by atoms with E-state index in [0.29, 0.717) is 5.25 Å². The molecule has 1 N–H and O–H groups in total. The van der Waals surface area contributed by atoms with E-state index in [4.69, 9.17) is 4.74 Å². The van der Waals surface area contributed by atoms with Crippen LogP contribution in [0.15, 0.2) is 35.4 Å². The van der Waals surface area contributed by atoms with Crippen molar-refractivity contribution in [2.75, 3.05) is 14.2 Å². The fourth-order valence-electron chi connectivity index (χ4n) is 2.83. The lowest BCUT2D eigenvalue weighted by molar-refractivity contribution is 0.395. The zero-order valence-corrected chi connectivity index (χ0v) is 12.8. The zero-order chi connectivity index (χ0) is 14.1. The Morgan fingerprint density at radius 3 is 2.95 bits per heavy atom. The van der Waals surface area contributed by atoms with Crippen molar-refractivity contribution in [1.29, 1.82) is 0 Å². The van der Waals surface area contributed by atoms with Gasteiger partial charge in [-0.05, 0) is 25.1 Å². The number of nitrogens with zero attached hydrogens (tertiary/aromatic N) is 2. The van der Waals surface area contributed by atoms with E-state index in [9.17, 15) is 0 Å². The fraction of sp³-hybridized carbons (Fsp3) is 0.400. The van der Waals surface area contributed by atoms with Crippen molar-refractivity contribution in [3.8, 4) is 5.75 Å². The van der Waals surface area contributed by atoms with Crippen LogP contribution in [0.3, 0.4) is 0 Å². The van der Waals surface area contributed by atoms with Gasteiger partial charge in [0, 0.05) is 17.2 Å². The van der Waals surface area contributed by atoms with Crippen molar-refractivity contribution in [1.82, 2.24) is 15.1 Å². The molecule has 0 fully saturated rings. The van der Waals surface area contributed by atoms with E-state index in [1.807, 2.05) is 30.5 Å². The molecule has 4 nitrogen and oxygen atoms in total. The third-order valence-electron chi connectivity index (χ3n) is 3.82. The molecule has 0 saturated carbocycles. The number of fused-ring (bicyclic) bond motifs is 1. The van der Waals surface area contributed by atoms with Crippen molar-refractivity contribution in [2.45, 2.75) is 22.6 Å². The van der Waals surface area contributed by atoms with E-state index in [0.717, 1.165) is 17.9 Å². The molecular weight excluding hydrogens is 270 g/mol. The number of nitrogens with one attached hydrogen (secondary N) is 1. The van der Waals surface area contributed by atoms with Gasteiger partial charge in [-0.3, -0.25) is 4.68 Å². The van der Waals surface area contributed by atoms with Crippen molar-refractivity contribution in [3.63, 3.8) is 0 Å². The van der Waals surface area contributed by atoms with E-state index in [1.54, 1.807) is 13.3 Å². The van der Waals surface area contributed by atoms with Crippen LogP contribution in [0.25, 0.3) is 0 Å². The lowest BCUT2D eigenvalue weighted by Crippen LogP contribution is -2.29. The third kappa shape index (κ3) is 2.21. The summed E-state index contributed by atoms with van der Waals surface area (Å²) < 4.78 is 7.36. The molecule has 0 amide bonds. The number of ether oxygens (including phenoxy) is 1. The van der Waals surface area contributed by atoms with E-state index >= 15 is 0 Å². The number of thioether (sulfide) groups is 1. The van der Waals surface area contributed by atoms with E-state index in [2.05, 4.69) is 34.7 Å². The standard InChI is InChI=1S/C15H19N3OS/c1-16-14(15-11(19-3)9-17-18(15)2)13-8-10-6-4-5-7-12(10)20-13/h4-7,9,13-14,16H,8H2,1-3H3. The first kappa shape index (κ1) is 13.5. The van der Waals surface area contributed by atoms with Gasteiger partial charge in [-0.1, -0.05) is 18.2 Å². The molecule has 106 valence electrons. The summed E-state index contributed by atoms with van der Waals surface area (Å²) in [6.45, 7) is 0. The van der Waals surface area contributed by atoms with Crippen LogP contribution >= 0.6 is 11.8 Å². The molecule has 2 atom stereocenters. The van der Waals surface area contributed by atoms with Crippen molar-refractivity contribution < 1.29 is 4.74 Å². The molecule has 0 radical (unpaired) electrons. The predicted octanol–water partition coefficient (Wildman–Crippen LogP) is 2.41. The Labute approximate surface area is 123 Å². The van der Waals surface area contributed by atoms with Crippen LogP contribution in [-0.2, 0) is 13.5 Å². The Kier molecular flexibility index (Phi) is 3.72. The number of hydrogen-bond acceptors (Lipinski definition) is 4. The Bertz CT molecular complexity index is 586. The first-order valence-corrected chi connectivity index (χ1v) is 7.60. The van der Waals surface area contributed by atoms with E-state index in [-0.39, 0.29) is 6.04 Å². The maximum absolute atomic E-state index is 5.45. The molecule has 0 spiro atoms. The van der Waals surface area contributed by atoms with Gasteiger partial charge in [-0.2, -0.15) is 5.10 Å². The smallest absolute Gasteiger partial charge is 0.161 e. The number of aryl methyl sites for hydroxylation is 1. The largest absolute Gasteiger partial charge is 0.493 e. The highest BCUT2D eigenvalue weighted by Crippen LogP contribution is 2.43. The molecule has 0 bridgehead atoms. The van der Waals surface area contributed by atoms with Gasteiger partial charge in [-0.15, -0.1) is 11.8 Å². The van der Waals surface area contributed by atoms with Crippen LogP contribution in [0, 0.1) is 0 Å².